The quantitative estimate of drug-likeness (QED) is 0.344. The van der Waals surface area contributed by atoms with Gasteiger partial charge in [-0.1, -0.05) is 24.3 Å². The molecule has 0 aliphatic rings. The van der Waals surface area contributed by atoms with Crippen LogP contribution in [-0.2, 0) is 0 Å². The molecule has 4 rings (SSSR count). The molecular formula is C15H9N3. The van der Waals surface area contributed by atoms with Crippen LogP contribution in [-0.4, -0.2) is 15.0 Å². The molecule has 0 unspecified atom stereocenters. The van der Waals surface area contributed by atoms with Gasteiger partial charge in [-0.3, -0.25) is 4.98 Å². The summed E-state index contributed by atoms with van der Waals surface area (Å²) < 4.78 is 0. The molecular weight excluding hydrogens is 222 g/mol. The van der Waals surface area contributed by atoms with Gasteiger partial charge in [0.2, 0.25) is 0 Å². The Morgan fingerprint density at radius 3 is 2.72 bits per heavy atom. The first kappa shape index (κ1) is 9.48. The van der Waals surface area contributed by atoms with Gasteiger partial charge >= 0.3 is 0 Å². The van der Waals surface area contributed by atoms with Crippen LogP contribution in [0.4, 0.5) is 0 Å². The smallest absolute Gasteiger partial charge is 0.159 e. The molecule has 0 spiro atoms. The summed E-state index contributed by atoms with van der Waals surface area (Å²) in [6, 6.07) is 14.1. The largest absolute Gasteiger partial charge is 0.254 e. The first-order valence-electron chi connectivity index (χ1n) is 5.81. The number of pyridine rings is 3. The van der Waals surface area contributed by atoms with Crippen molar-refractivity contribution in [2.24, 2.45) is 0 Å². The van der Waals surface area contributed by atoms with Crippen molar-refractivity contribution in [2.45, 2.75) is 0 Å². The number of nitrogens with zero attached hydrogens (tertiary/aromatic N) is 3. The van der Waals surface area contributed by atoms with E-state index < -0.39 is 0 Å². The summed E-state index contributed by atoms with van der Waals surface area (Å²) in [6.07, 6.45) is 3.65. The van der Waals surface area contributed by atoms with Gasteiger partial charge in [-0.05, 0) is 18.2 Å². The van der Waals surface area contributed by atoms with Crippen molar-refractivity contribution < 1.29 is 0 Å². The number of hydrogen-bond acceptors (Lipinski definition) is 3. The Balaban J connectivity index is 2.27. The summed E-state index contributed by atoms with van der Waals surface area (Å²) in [7, 11) is 0. The summed E-state index contributed by atoms with van der Waals surface area (Å²) in [4.78, 5) is 13.4. The lowest BCUT2D eigenvalue weighted by atomic mass is 10.1. The van der Waals surface area contributed by atoms with Gasteiger partial charge in [0.05, 0.1) is 11.0 Å². The number of hydrogen-bond donors (Lipinski definition) is 0. The Kier molecular flexibility index (Phi) is 1.83. The van der Waals surface area contributed by atoms with E-state index in [0.29, 0.717) is 0 Å². The van der Waals surface area contributed by atoms with Crippen molar-refractivity contribution in [3.8, 4) is 0 Å². The molecule has 0 fully saturated rings. The molecule has 0 atom stereocenters. The van der Waals surface area contributed by atoms with Gasteiger partial charge in [-0.15, -0.1) is 0 Å². The van der Waals surface area contributed by atoms with Crippen molar-refractivity contribution >= 4 is 32.8 Å². The van der Waals surface area contributed by atoms with Crippen LogP contribution in [0.15, 0.2) is 54.9 Å². The second-order valence-electron chi connectivity index (χ2n) is 4.25. The summed E-state index contributed by atoms with van der Waals surface area (Å²) >= 11 is 0. The highest BCUT2D eigenvalue weighted by Gasteiger charge is 2.05. The number of benzene rings is 1. The number of aromatic nitrogens is 3. The Hall–Kier alpha value is -2.55. The van der Waals surface area contributed by atoms with Gasteiger partial charge in [0.15, 0.2) is 5.65 Å². The molecule has 18 heavy (non-hydrogen) atoms. The van der Waals surface area contributed by atoms with Gasteiger partial charge in [0.25, 0.3) is 0 Å². The first-order chi connectivity index (χ1) is 8.92. The lowest BCUT2D eigenvalue weighted by Crippen LogP contribution is -1.88. The maximum Gasteiger partial charge on any atom is 0.159 e. The van der Waals surface area contributed by atoms with E-state index >= 15 is 0 Å². The van der Waals surface area contributed by atoms with Gasteiger partial charge < -0.3 is 0 Å². The normalized spacial score (nSPS) is 11.3. The summed E-state index contributed by atoms with van der Waals surface area (Å²) in [5.41, 5.74) is 2.59. The average molecular weight is 231 g/mol. The third kappa shape index (κ3) is 1.27. The molecule has 0 saturated carbocycles. The lowest BCUT2D eigenvalue weighted by molar-refractivity contribution is 1.31. The minimum Gasteiger partial charge on any atom is -0.254 e. The molecule has 0 saturated heterocycles. The van der Waals surface area contributed by atoms with Crippen LogP contribution >= 0.6 is 0 Å². The summed E-state index contributed by atoms with van der Waals surface area (Å²) in [5, 5.41) is 3.25. The molecule has 84 valence electrons. The standard InChI is InChI=1S/C15H9N3/c1-2-6-12-11(4-1)9-17-13-8-10-5-3-7-16-15(10)18-14(12)13/h1-9H. The van der Waals surface area contributed by atoms with Crippen LogP contribution in [0.25, 0.3) is 32.8 Å². The second-order valence-corrected chi connectivity index (χ2v) is 4.25. The molecule has 0 amide bonds. The van der Waals surface area contributed by atoms with Gasteiger partial charge in [0.1, 0.15) is 0 Å². The third-order valence-corrected chi connectivity index (χ3v) is 3.13. The first-order valence-corrected chi connectivity index (χ1v) is 5.81. The fraction of sp³-hybridized carbons (Fsp3) is 0. The Morgan fingerprint density at radius 1 is 0.833 bits per heavy atom. The van der Waals surface area contributed by atoms with E-state index in [1.54, 1.807) is 6.20 Å². The number of fused-ring (bicyclic) bond motifs is 4. The van der Waals surface area contributed by atoms with E-state index in [1.807, 2.05) is 42.6 Å². The predicted molar refractivity (Wildman–Crippen MR) is 72.3 cm³/mol. The maximum absolute atomic E-state index is 4.63. The lowest BCUT2D eigenvalue weighted by Gasteiger charge is -2.03. The van der Waals surface area contributed by atoms with Gasteiger partial charge in [-0.2, -0.15) is 0 Å². The molecule has 4 aromatic rings. The zero-order chi connectivity index (χ0) is 11.9. The molecule has 3 nitrogen and oxygen atoms in total. The zero-order valence-corrected chi connectivity index (χ0v) is 9.54. The Morgan fingerprint density at radius 2 is 1.72 bits per heavy atom. The molecule has 3 heterocycles. The average Bonchev–Trinajstić information content (AvgIpc) is 2.45. The van der Waals surface area contributed by atoms with Crippen molar-refractivity contribution in [3.05, 3.63) is 54.9 Å². The third-order valence-electron chi connectivity index (χ3n) is 3.13. The predicted octanol–water partition coefficient (Wildman–Crippen LogP) is 3.33. The minimum absolute atomic E-state index is 0.767. The highest BCUT2D eigenvalue weighted by atomic mass is 14.9. The molecule has 1 aromatic carbocycles. The van der Waals surface area contributed by atoms with Crippen LogP contribution in [0.5, 0.6) is 0 Å². The van der Waals surface area contributed by atoms with Gasteiger partial charge in [0, 0.05) is 28.6 Å². The van der Waals surface area contributed by atoms with Crippen LogP contribution in [0.2, 0.25) is 0 Å². The number of rotatable bonds is 0. The molecule has 3 heteroatoms. The Bertz CT molecular complexity index is 878. The summed E-state index contributed by atoms with van der Waals surface area (Å²) in [6.45, 7) is 0. The Labute approximate surface area is 103 Å². The topological polar surface area (TPSA) is 38.7 Å². The van der Waals surface area contributed by atoms with Crippen molar-refractivity contribution in [2.75, 3.05) is 0 Å². The highest BCUT2D eigenvalue weighted by Crippen LogP contribution is 2.23. The molecule has 0 N–H and O–H groups in total. The van der Waals surface area contributed by atoms with Crippen LogP contribution in [0.1, 0.15) is 0 Å². The van der Waals surface area contributed by atoms with Crippen molar-refractivity contribution in [1.29, 1.82) is 0 Å². The minimum atomic E-state index is 0.767. The SMILES string of the molecule is c1cnc2nc3c(cc2c1)ncc1ccccc13. The fourth-order valence-corrected chi connectivity index (χ4v) is 2.26. The van der Waals surface area contributed by atoms with E-state index in [0.717, 1.165) is 32.8 Å². The van der Waals surface area contributed by atoms with Gasteiger partial charge in [-0.25, -0.2) is 9.97 Å². The maximum atomic E-state index is 4.63. The van der Waals surface area contributed by atoms with Crippen LogP contribution in [0.3, 0.4) is 0 Å². The molecule has 0 radical (unpaired) electrons. The summed E-state index contributed by atoms with van der Waals surface area (Å²) in [5.74, 6) is 0. The zero-order valence-electron chi connectivity index (χ0n) is 9.54. The fourth-order valence-electron chi connectivity index (χ4n) is 2.26. The van der Waals surface area contributed by atoms with E-state index in [-0.39, 0.29) is 0 Å². The second kappa shape index (κ2) is 3.47. The molecule has 0 bridgehead atoms. The van der Waals surface area contributed by atoms with Crippen molar-refractivity contribution in [1.82, 2.24) is 15.0 Å². The molecule has 0 aliphatic heterocycles. The van der Waals surface area contributed by atoms with E-state index in [9.17, 15) is 0 Å². The van der Waals surface area contributed by atoms with Crippen LogP contribution in [0, 0.1) is 0 Å². The van der Waals surface area contributed by atoms with E-state index in [2.05, 4.69) is 21.0 Å². The molecule has 0 aliphatic carbocycles. The highest BCUT2D eigenvalue weighted by molar-refractivity contribution is 6.05. The van der Waals surface area contributed by atoms with E-state index in [4.69, 9.17) is 0 Å². The monoisotopic (exact) mass is 231 g/mol. The van der Waals surface area contributed by atoms with Crippen molar-refractivity contribution in [3.63, 3.8) is 0 Å². The van der Waals surface area contributed by atoms with E-state index in [1.165, 1.54) is 0 Å². The molecule has 3 aromatic heterocycles. The van der Waals surface area contributed by atoms with Crippen LogP contribution < -0.4 is 0 Å².